The van der Waals surface area contributed by atoms with Crippen molar-refractivity contribution < 1.29 is 20.3 Å². The first-order valence-corrected chi connectivity index (χ1v) is 31.6. The summed E-state index contributed by atoms with van der Waals surface area (Å²) in [5, 5.41) is 1.76. The molecule has 90 heavy (non-hydrogen) atoms. The van der Waals surface area contributed by atoms with Crippen molar-refractivity contribution in [2.45, 2.75) is 164 Å². The smallest absolute Gasteiger partial charge is 0.269 e. The molecule has 0 spiro atoms. The van der Waals surface area contributed by atoms with Crippen molar-refractivity contribution in [1.29, 1.82) is 0 Å². The van der Waals surface area contributed by atoms with E-state index < -0.39 is 37.1 Å². The Kier molecular flexibility index (Phi) is 12.9. The Morgan fingerprint density at radius 1 is 0.422 bits per heavy atom. The summed E-state index contributed by atoms with van der Waals surface area (Å²) in [5.74, 6) is 1.33. The summed E-state index contributed by atoms with van der Waals surface area (Å²) in [5.41, 5.74) is 17.9. The number of hydrogen-bond donors (Lipinski definition) is 0. The van der Waals surface area contributed by atoms with Crippen molar-refractivity contribution in [3.8, 4) is 73.2 Å². The highest BCUT2D eigenvalue weighted by molar-refractivity contribution is 6.09. The van der Waals surface area contributed by atoms with Gasteiger partial charge in [0.2, 0.25) is 0 Å². The monoisotopic (exact) mass is 1190 g/mol. The van der Waals surface area contributed by atoms with Gasteiger partial charge < -0.3 is 4.74 Å². The molecule has 0 aliphatic carbocycles. The lowest BCUT2D eigenvalue weighted by Gasteiger charge is -2.29. The van der Waals surface area contributed by atoms with E-state index in [0.29, 0.717) is 17.0 Å². The maximum absolute atomic E-state index is 8.78. The third-order valence-corrected chi connectivity index (χ3v) is 17.7. The Morgan fingerprint density at radius 2 is 0.978 bits per heavy atom. The first-order valence-electron chi connectivity index (χ1n) is 35.6. The van der Waals surface area contributed by atoms with Gasteiger partial charge in [-0.25, -0.2) is 4.98 Å². The second-order valence-corrected chi connectivity index (χ2v) is 30.8. The van der Waals surface area contributed by atoms with Crippen LogP contribution in [0.5, 0.6) is 11.5 Å². The fraction of sp³-hybridized carbons (Fsp3) is 0.294. The number of benzene rings is 9. The van der Waals surface area contributed by atoms with Crippen LogP contribution in [0.4, 0.5) is 0 Å². The number of hydrogen-bond acceptors (Lipinski definition) is 2. The molecule has 456 valence electrons. The molecule has 0 aliphatic heterocycles. The number of aromatic nitrogens is 4. The maximum atomic E-state index is 8.78. The summed E-state index contributed by atoms with van der Waals surface area (Å²) in [7, 11) is 0. The van der Waals surface area contributed by atoms with Crippen molar-refractivity contribution in [1.82, 2.24) is 14.1 Å². The molecule has 0 unspecified atom stereocenters. The van der Waals surface area contributed by atoms with Gasteiger partial charge in [0.25, 0.3) is 6.33 Å². The van der Waals surface area contributed by atoms with E-state index in [-0.39, 0.29) is 55.0 Å². The molecule has 12 aromatic rings. The van der Waals surface area contributed by atoms with Gasteiger partial charge in [-0.3, -0.25) is 13.7 Å². The summed E-state index contributed by atoms with van der Waals surface area (Å²) >= 11 is 0. The summed E-state index contributed by atoms with van der Waals surface area (Å²) in [6, 6.07) is 55.6. The predicted molar refractivity (Wildman–Crippen MR) is 381 cm³/mol. The van der Waals surface area contributed by atoms with Crippen LogP contribution in [0.3, 0.4) is 0 Å². The molecule has 9 aromatic carbocycles. The largest absolute Gasteiger partial charge is 0.458 e. The lowest BCUT2D eigenvalue weighted by Crippen LogP contribution is -2.32. The molecule has 0 fully saturated rings. The molecule has 0 atom stereocenters. The van der Waals surface area contributed by atoms with E-state index in [9.17, 15) is 0 Å². The zero-order chi connectivity index (χ0) is 71.1. The second kappa shape index (κ2) is 22.3. The number of ether oxygens (including phenoxy) is 1. The van der Waals surface area contributed by atoms with Crippen LogP contribution >= 0.6 is 0 Å². The van der Waals surface area contributed by atoms with Crippen molar-refractivity contribution in [3.63, 3.8) is 0 Å². The highest BCUT2D eigenvalue weighted by Gasteiger charge is 2.29. The SMILES string of the molecule is [2H]c1c([2H])c([2H])c(-c2cnc(-n3c4ccccc4c4ccc(Oc5cccc(-n6[c-][n+](-c7c(-c8cccc(C(C)(C)C)c8)cc(C(C)(C)C)cc7-c7cc(C(C)(C)C)cc(C(C)(C)C)c7)c7ccc(-c8cc(C(C)(C)C)cc(C(C)(C)C)c8)cc76)c5)cc43)cc2C([2H])([2H])[2H])c([2H])c1[2H]. The van der Waals surface area contributed by atoms with Crippen LogP contribution in [-0.4, -0.2) is 14.1 Å². The summed E-state index contributed by atoms with van der Waals surface area (Å²) < 4.78 is 82.2. The zero-order valence-electron chi connectivity index (χ0n) is 63.9. The highest BCUT2D eigenvalue weighted by atomic mass is 16.5. The van der Waals surface area contributed by atoms with E-state index >= 15 is 0 Å². The van der Waals surface area contributed by atoms with E-state index in [1.165, 1.54) is 45.6 Å². The number of rotatable bonds is 9. The Labute approximate surface area is 547 Å². The quantitative estimate of drug-likeness (QED) is 0.107. The van der Waals surface area contributed by atoms with Crippen molar-refractivity contribution in [3.05, 3.63) is 245 Å². The van der Waals surface area contributed by atoms with Gasteiger partial charge in [0, 0.05) is 32.7 Å². The van der Waals surface area contributed by atoms with Gasteiger partial charge in [0.05, 0.1) is 40.3 Å². The molecule has 0 radical (unpaired) electrons. The third-order valence-electron chi connectivity index (χ3n) is 17.7. The predicted octanol–water partition coefficient (Wildman–Crippen LogP) is 22.8. The van der Waals surface area contributed by atoms with Crippen LogP contribution in [0.1, 0.15) is 175 Å². The van der Waals surface area contributed by atoms with Crippen LogP contribution in [0.2, 0.25) is 0 Å². The van der Waals surface area contributed by atoms with Crippen LogP contribution in [0.15, 0.2) is 200 Å². The van der Waals surface area contributed by atoms with Gasteiger partial charge in [0.1, 0.15) is 17.3 Å². The minimum atomic E-state index is -2.77. The summed E-state index contributed by atoms with van der Waals surface area (Å²) in [6.45, 7) is 38.5. The van der Waals surface area contributed by atoms with Gasteiger partial charge in [-0.2, -0.15) is 0 Å². The van der Waals surface area contributed by atoms with E-state index in [0.717, 1.165) is 72.1 Å². The van der Waals surface area contributed by atoms with Gasteiger partial charge in [-0.15, -0.1) is 0 Å². The maximum Gasteiger partial charge on any atom is 0.269 e. The molecule has 0 N–H and O–H groups in total. The molecule has 0 aliphatic rings. The number of fused-ring (bicyclic) bond motifs is 4. The number of para-hydroxylation sites is 1. The molecule has 3 aromatic heterocycles. The zero-order valence-corrected chi connectivity index (χ0v) is 55.9. The number of nitrogens with zero attached hydrogens (tertiary/aromatic N) is 4. The number of pyridine rings is 1. The van der Waals surface area contributed by atoms with Crippen molar-refractivity contribution in [2.75, 3.05) is 0 Å². The van der Waals surface area contributed by atoms with Crippen LogP contribution in [-0.2, 0) is 32.5 Å². The van der Waals surface area contributed by atoms with E-state index in [1.54, 1.807) is 0 Å². The highest BCUT2D eigenvalue weighted by Crippen LogP contribution is 2.44. The average Bonchev–Trinajstić information content (AvgIpc) is 1.45. The molecule has 0 saturated heterocycles. The Morgan fingerprint density at radius 3 is 1.60 bits per heavy atom. The van der Waals surface area contributed by atoms with Crippen molar-refractivity contribution in [2.24, 2.45) is 0 Å². The molecule has 0 saturated carbocycles. The number of imidazole rings is 1. The van der Waals surface area contributed by atoms with E-state index in [1.807, 2.05) is 65.2 Å². The van der Waals surface area contributed by atoms with Gasteiger partial charge in [0.15, 0.2) is 0 Å². The van der Waals surface area contributed by atoms with Crippen LogP contribution < -0.4 is 9.30 Å². The minimum Gasteiger partial charge on any atom is -0.458 e. The lowest BCUT2D eigenvalue weighted by atomic mass is 9.77. The normalized spacial score (nSPS) is 14.2. The molecule has 12 rings (SSSR count). The molecule has 0 bridgehead atoms. The third kappa shape index (κ3) is 12.0. The molecule has 5 nitrogen and oxygen atoms in total. The fourth-order valence-electron chi connectivity index (χ4n) is 12.1. The van der Waals surface area contributed by atoms with E-state index in [2.05, 4.69) is 237 Å². The topological polar surface area (TPSA) is 35.9 Å². The van der Waals surface area contributed by atoms with Gasteiger partial charge in [-0.1, -0.05) is 264 Å². The van der Waals surface area contributed by atoms with Gasteiger partial charge >= 0.3 is 0 Å². The standard InChI is InChI=1S/C85H90N4O/c1-54-39-78(86-52-73(54)55-27-21-20-22-28-55)89-74-34-24-23-33-69(74)70-37-36-68(51-76(70)89)90-67-32-26-31-66(50-67)87-53-88(75-38-35-56(45-77(75)87)58-41-61(81(5,6)7)46-62(42-58)82(8,9)10)79-71(57-29-25-30-60(40-57)80(2,3)4)48-65(85(17,18)19)49-72(79)59-43-63(83(11,12)13)47-64(44-59)84(14,15)16/h20-52H,1-19H3/i1D3,20D,21D,22D,27D,28D. The molecular formula is C85H90N4O. The lowest BCUT2D eigenvalue weighted by molar-refractivity contribution is -0.571. The molecular weight excluding hydrogens is 1090 g/mol. The molecule has 3 heterocycles. The van der Waals surface area contributed by atoms with Crippen LogP contribution in [0, 0.1) is 13.2 Å². The van der Waals surface area contributed by atoms with Gasteiger partial charge in [-0.05, 0) is 166 Å². The van der Waals surface area contributed by atoms with Crippen LogP contribution in [0.25, 0.3) is 94.5 Å². The summed E-state index contributed by atoms with van der Waals surface area (Å²) in [4.78, 5) is 4.83. The first-order chi connectivity index (χ1) is 45.6. The Bertz CT molecular complexity index is 5080. The number of aryl methyl sites for hydroxylation is 1. The Hall–Kier alpha value is -8.80. The molecule has 5 heteroatoms. The second-order valence-electron chi connectivity index (χ2n) is 30.8. The summed E-state index contributed by atoms with van der Waals surface area (Å²) in [6.07, 6.45) is 5.37. The average molecular weight is 1190 g/mol. The fourth-order valence-corrected chi connectivity index (χ4v) is 12.1. The molecule has 0 amide bonds. The Balaban J connectivity index is 1.10. The minimum absolute atomic E-state index is 0.0694. The van der Waals surface area contributed by atoms with E-state index in [4.69, 9.17) is 20.7 Å². The van der Waals surface area contributed by atoms with Crippen molar-refractivity contribution >= 4 is 32.8 Å². The first kappa shape index (κ1) is 52.0.